The molecule has 3 rings (SSSR count). The van der Waals surface area contributed by atoms with Gasteiger partial charge in [-0.3, -0.25) is 0 Å². The Hall–Kier alpha value is -0.150. The standard InChI is InChI=1S/C18H17N3O10S3.3Na/c1-31-16-8-11(5-6-15(16)19-10-32(22,23)24)20-21-12-7-14-13(18(9-12)34(28,29)30)3-2-4-17(14)33(25,26)27;;;/h2-9,19H,10H2,1H3,(H,22,23,24)(H,25,26,27)(H,28,29,30);;;/q;3*+1/p-3. The van der Waals surface area contributed by atoms with Crippen LogP contribution in [0.1, 0.15) is 0 Å². The molecule has 37 heavy (non-hydrogen) atoms. The first-order chi connectivity index (χ1) is 15.7. The van der Waals surface area contributed by atoms with Crippen molar-refractivity contribution >= 4 is 58.2 Å². The van der Waals surface area contributed by atoms with Gasteiger partial charge in [0.25, 0.3) is 0 Å². The van der Waals surface area contributed by atoms with Crippen LogP contribution in [-0.4, -0.2) is 51.9 Å². The van der Waals surface area contributed by atoms with Gasteiger partial charge in [0.1, 0.15) is 42.0 Å². The van der Waals surface area contributed by atoms with Crippen LogP contribution < -0.4 is 98.7 Å². The van der Waals surface area contributed by atoms with E-state index < -0.39 is 46.0 Å². The summed E-state index contributed by atoms with van der Waals surface area (Å²) in [6, 6.07) is 9.23. The van der Waals surface area contributed by atoms with Gasteiger partial charge in [0.05, 0.1) is 34.0 Å². The summed E-state index contributed by atoms with van der Waals surface area (Å²) < 4.78 is 108. The Kier molecular flexibility index (Phi) is 14.4. The summed E-state index contributed by atoms with van der Waals surface area (Å²) in [5, 5.41) is 9.48. The van der Waals surface area contributed by atoms with Crippen molar-refractivity contribution in [3.8, 4) is 5.75 Å². The van der Waals surface area contributed by atoms with Crippen molar-refractivity contribution in [3.05, 3.63) is 48.5 Å². The molecule has 0 fully saturated rings. The van der Waals surface area contributed by atoms with Gasteiger partial charge < -0.3 is 23.7 Å². The fourth-order valence-corrected chi connectivity index (χ4v) is 4.69. The molecule has 0 saturated carbocycles. The van der Waals surface area contributed by atoms with Crippen molar-refractivity contribution in [1.82, 2.24) is 0 Å². The van der Waals surface area contributed by atoms with E-state index in [-0.39, 0.29) is 122 Å². The van der Waals surface area contributed by atoms with Gasteiger partial charge in [-0.2, -0.15) is 10.2 Å². The predicted molar refractivity (Wildman–Crippen MR) is 115 cm³/mol. The molecule has 0 aliphatic rings. The fourth-order valence-electron chi connectivity index (χ4n) is 2.96. The van der Waals surface area contributed by atoms with E-state index in [1.165, 1.54) is 31.4 Å². The van der Waals surface area contributed by atoms with Gasteiger partial charge in [-0.25, -0.2) is 25.3 Å². The van der Waals surface area contributed by atoms with Gasteiger partial charge >= 0.3 is 88.7 Å². The third-order valence-corrected chi connectivity index (χ3v) is 6.62. The minimum atomic E-state index is -5.08. The molecule has 1 N–H and O–H groups in total. The molecule has 182 valence electrons. The minimum absolute atomic E-state index is 0. The van der Waals surface area contributed by atoms with Crippen LogP contribution in [0.3, 0.4) is 0 Å². The topological polar surface area (TPSA) is 218 Å². The van der Waals surface area contributed by atoms with Gasteiger partial charge in [0.2, 0.25) is 0 Å². The molecule has 0 radical (unpaired) electrons. The van der Waals surface area contributed by atoms with Gasteiger partial charge in [-0.05, 0) is 30.3 Å². The third-order valence-electron chi connectivity index (χ3n) is 4.35. The first kappa shape index (κ1) is 36.8. The van der Waals surface area contributed by atoms with E-state index in [2.05, 4.69) is 15.5 Å². The van der Waals surface area contributed by atoms with E-state index in [9.17, 15) is 38.9 Å². The summed E-state index contributed by atoms with van der Waals surface area (Å²) in [6.07, 6.45) is 0. The molecule has 3 aromatic rings. The first-order valence-electron chi connectivity index (χ1n) is 8.95. The van der Waals surface area contributed by atoms with Gasteiger partial charge in [-0.15, -0.1) is 0 Å². The molecule has 13 nitrogen and oxygen atoms in total. The van der Waals surface area contributed by atoms with E-state index in [1.807, 2.05) is 0 Å². The molecule has 0 saturated heterocycles. The molecule has 0 aliphatic heterocycles. The first-order valence-corrected chi connectivity index (χ1v) is 13.3. The zero-order valence-corrected chi connectivity index (χ0v) is 28.5. The third kappa shape index (κ3) is 10.1. The second-order valence-corrected chi connectivity index (χ2v) is 10.8. The molecular weight excluding hydrogens is 583 g/mol. The molecule has 19 heteroatoms. The van der Waals surface area contributed by atoms with Crippen LogP contribution in [0.25, 0.3) is 10.8 Å². The molecule has 0 heterocycles. The molecule has 0 atom stereocenters. The normalized spacial score (nSPS) is 11.8. The Labute approximate surface area is 279 Å². The Morgan fingerprint density at radius 2 is 1.35 bits per heavy atom. The largest absolute Gasteiger partial charge is 1.00 e. The second kappa shape index (κ2) is 14.5. The fraction of sp³-hybridized carbons (Fsp3) is 0.111. The van der Waals surface area contributed by atoms with Crippen LogP contribution in [0.15, 0.2) is 68.6 Å². The van der Waals surface area contributed by atoms with E-state index in [4.69, 9.17) is 4.74 Å². The zero-order chi connectivity index (χ0) is 25.3. The van der Waals surface area contributed by atoms with E-state index in [1.54, 1.807) is 0 Å². The number of azo groups is 1. The monoisotopic (exact) mass is 597 g/mol. The summed E-state index contributed by atoms with van der Waals surface area (Å²) in [7, 11) is -13.4. The van der Waals surface area contributed by atoms with E-state index in [0.29, 0.717) is 0 Å². The Morgan fingerprint density at radius 3 is 1.89 bits per heavy atom. The number of nitrogens with one attached hydrogen (secondary N) is 1. The van der Waals surface area contributed by atoms with Gasteiger partial charge in [0.15, 0.2) is 0 Å². The van der Waals surface area contributed by atoms with Crippen LogP contribution in [-0.2, 0) is 30.4 Å². The Morgan fingerprint density at radius 1 is 0.757 bits per heavy atom. The number of hydrogen-bond donors (Lipinski definition) is 1. The van der Waals surface area contributed by atoms with Gasteiger partial charge in [-0.1, -0.05) is 12.1 Å². The zero-order valence-electron chi connectivity index (χ0n) is 20.0. The van der Waals surface area contributed by atoms with Crippen molar-refractivity contribution in [3.63, 3.8) is 0 Å². The minimum Gasteiger partial charge on any atom is -0.747 e. The summed E-state index contributed by atoms with van der Waals surface area (Å²) >= 11 is 0. The number of rotatable bonds is 8. The number of nitrogens with zero attached hydrogens (tertiary/aromatic N) is 2. The molecule has 0 aliphatic carbocycles. The summed E-state index contributed by atoms with van der Waals surface area (Å²) in [4.78, 5) is -1.53. The summed E-state index contributed by atoms with van der Waals surface area (Å²) in [5.41, 5.74) is 0.0528. The van der Waals surface area contributed by atoms with Crippen molar-refractivity contribution in [2.75, 3.05) is 18.3 Å². The number of benzene rings is 3. The summed E-state index contributed by atoms with van der Waals surface area (Å²) in [5.74, 6) is -0.792. The number of methoxy groups -OCH3 is 1. The maximum atomic E-state index is 11.7. The van der Waals surface area contributed by atoms with Crippen molar-refractivity contribution in [2.45, 2.75) is 9.79 Å². The van der Waals surface area contributed by atoms with Crippen molar-refractivity contribution in [1.29, 1.82) is 0 Å². The average molecular weight is 597 g/mol. The van der Waals surface area contributed by atoms with Crippen LogP contribution in [0.2, 0.25) is 0 Å². The molecule has 0 spiro atoms. The average Bonchev–Trinajstić information content (AvgIpc) is 2.73. The predicted octanol–water partition coefficient (Wildman–Crippen LogP) is -7.00. The molecular formula is C18H14N3Na3O10S3. The van der Waals surface area contributed by atoms with E-state index >= 15 is 0 Å². The van der Waals surface area contributed by atoms with E-state index in [0.717, 1.165) is 24.3 Å². The number of hydrogen-bond acceptors (Lipinski definition) is 13. The van der Waals surface area contributed by atoms with Crippen LogP contribution in [0.4, 0.5) is 17.1 Å². The molecule has 0 bridgehead atoms. The molecule has 3 aromatic carbocycles. The molecule has 0 unspecified atom stereocenters. The van der Waals surface area contributed by atoms with Crippen LogP contribution in [0.5, 0.6) is 5.75 Å². The number of fused-ring (bicyclic) bond motifs is 1. The maximum Gasteiger partial charge on any atom is 1.00 e. The molecule has 0 amide bonds. The van der Waals surface area contributed by atoms with Crippen molar-refractivity contribution < 1.29 is 132 Å². The van der Waals surface area contributed by atoms with Crippen LogP contribution >= 0.6 is 0 Å². The Bertz CT molecular complexity index is 1630. The molecule has 0 aromatic heterocycles. The van der Waals surface area contributed by atoms with Crippen LogP contribution in [0, 0.1) is 0 Å². The Balaban J connectivity index is 0.00000432. The van der Waals surface area contributed by atoms with Crippen molar-refractivity contribution in [2.24, 2.45) is 10.2 Å². The number of ether oxygens (including phenoxy) is 1. The maximum absolute atomic E-state index is 11.7. The van der Waals surface area contributed by atoms with Gasteiger partial charge in [0, 0.05) is 16.8 Å². The SMILES string of the molecule is COc1cc(N=Nc2cc(S(=O)(=O)[O-])c3cccc(S(=O)(=O)[O-])c3c2)ccc1NCS(=O)(=O)[O-].[Na+].[Na+].[Na+]. The second-order valence-electron chi connectivity index (χ2n) is 6.67. The number of anilines is 1. The smallest absolute Gasteiger partial charge is 0.747 e. The summed E-state index contributed by atoms with van der Waals surface area (Å²) in [6.45, 7) is 0. The quantitative estimate of drug-likeness (QED) is 0.146.